The van der Waals surface area contributed by atoms with Crippen LogP contribution in [0.5, 0.6) is 0 Å². The summed E-state index contributed by atoms with van der Waals surface area (Å²) in [5.41, 5.74) is 6.46. The lowest BCUT2D eigenvalue weighted by molar-refractivity contribution is 1.47. The molecule has 0 spiro atoms. The van der Waals surface area contributed by atoms with E-state index in [0.29, 0.717) is 0 Å². The second kappa shape index (κ2) is 9.35. The van der Waals surface area contributed by atoms with E-state index in [-0.39, 0.29) is 0 Å². The monoisotopic (exact) mass is 428 g/mol. The molecular formula is C31H25P. The lowest BCUT2D eigenvalue weighted by Gasteiger charge is -2.26. The average Bonchev–Trinajstić information content (AvgIpc) is 2.87. The molecule has 0 aliphatic rings. The number of aryl methyl sites for hydroxylation is 1. The van der Waals surface area contributed by atoms with E-state index in [4.69, 9.17) is 0 Å². The maximum absolute atomic E-state index is 2.36. The minimum absolute atomic E-state index is 0.747. The molecule has 0 fully saturated rings. The molecule has 0 aliphatic heterocycles. The van der Waals surface area contributed by atoms with Crippen molar-refractivity contribution in [2.45, 2.75) is 6.92 Å². The van der Waals surface area contributed by atoms with Crippen LogP contribution in [0.4, 0.5) is 0 Å². The molecule has 0 aromatic heterocycles. The van der Waals surface area contributed by atoms with E-state index in [2.05, 4.69) is 140 Å². The van der Waals surface area contributed by atoms with Gasteiger partial charge in [-0.1, -0.05) is 133 Å². The molecule has 5 aromatic carbocycles. The Bertz CT molecular complexity index is 1190. The van der Waals surface area contributed by atoms with Gasteiger partial charge in [0.15, 0.2) is 0 Å². The van der Waals surface area contributed by atoms with E-state index in [1.165, 1.54) is 43.7 Å². The van der Waals surface area contributed by atoms with Crippen LogP contribution < -0.4 is 15.9 Å². The Morgan fingerprint density at radius 1 is 0.438 bits per heavy atom. The van der Waals surface area contributed by atoms with E-state index in [0.717, 1.165) is 0 Å². The van der Waals surface area contributed by atoms with Crippen LogP contribution in [0, 0.1) is 6.92 Å². The molecule has 0 nitrogen and oxygen atoms in total. The minimum Gasteiger partial charge on any atom is -0.0622 e. The van der Waals surface area contributed by atoms with Crippen molar-refractivity contribution in [3.63, 3.8) is 0 Å². The first-order valence-corrected chi connectivity index (χ1v) is 12.3. The minimum atomic E-state index is -0.747. The molecule has 0 unspecified atom stereocenters. The first-order chi connectivity index (χ1) is 15.8. The van der Waals surface area contributed by atoms with Crippen LogP contribution in [0.3, 0.4) is 0 Å². The molecule has 0 atom stereocenters. The predicted octanol–water partition coefficient (Wildman–Crippen LogP) is 7.09. The van der Waals surface area contributed by atoms with Crippen molar-refractivity contribution < 1.29 is 0 Å². The SMILES string of the molecule is Cc1cc(-c2ccccc2)c(P(c2ccccc2)c2ccccc2)c(-c2ccccc2)c1. The lowest BCUT2D eigenvalue weighted by Crippen LogP contribution is -2.24. The molecule has 0 radical (unpaired) electrons. The summed E-state index contributed by atoms with van der Waals surface area (Å²) in [7, 11) is -0.747. The van der Waals surface area contributed by atoms with E-state index in [1.54, 1.807) is 0 Å². The van der Waals surface area contributed by atoms with Crippen molar-refractivity contribution in [2.24, 2.45) is 0 Å². The molecule has 0 bridgehead atoms. The molecule has 0 amide bonds. The van der Waals surface area contributed by atoms with Gasteiger partial charge in [-0.2, -0.15) is 0 Å². The van der Waals surface area contributed by atoms with E-state index in [9.17, 15) is 0 Å². The van der Waals surface area contributed by atoms with E-state index < -0.39 is 7.92 Å². The van der Waals surface area contributed by atoms with Gasteiger partial charge in [0.2, 0.25) is 0 Å². The Kier molecular flexibility index (Phi) is 5.97. The molecule has 0 N–H and O–H groups in total. The first-order valence-electron chi connectivity index (χ1n) is 11.0. The van der Waals surface area contributed by atoms with Crippen LogP contribution in [0.2, 0.25) is 0 Å². The number of hydrogen-bond acceptors (Lipinski definition) is 0. The summed E-state index contributed by atoms with van der Waals surface area (Å²) < 4.78 is 0. The Morgan fingerprint density at radius 2 is 0.781 bits per heavy atom. The molecule has 0 heterocycles. The van der Waals surface area contributed by atoms with Crippen LogP contribution in [-0.2, 0) is 0 Å². The molecule has 5 aromatic rings. The van der Waals surface area contributed by atoms with E-state index in [1.807, 2.05) is 0 Å². The molecule has 1 heteroatoms. The third-order valence-corrected chi connectivity index (χ3v) is 8.23. The number of benzene rings is 5. The van der Waals surface area contributed by atoms with Crippen molar-refractivity contribution in [3.8, 4) is 22.3 Å². The highest BCUT2D eigenvalue weighted by atomic mass is 31.1. The molecule has 0 saturated heterocycles. The van der Waals surface area contributed by atoms with Gasteiger partial charge in [-0.25, -0.2) is 0 Å². The second-order valence-electron chi connectivity index (χ2n) is 7.95. The molecule has 5 rings (SSSR count). The quantitative estimate of drug-likeness (QED) is 0.262. The summed E-state index contributed by atoms with van der Waals surface area (Å²) in [6, 6.07) is 48.3. The summed E-state index contributed by atoms with van der Waals surface area (Å²) in [6.07, 6.45) is 0. The van der Waals surface area contributed by atoms with Gasteiger partial charge < -0.3 is 0 Å². The zero-order valence-corrected chi connectivity index (χ0v) is 19.0. The fourth-order valence-corrected chi connectivity index (χ4v) is 6.88. The third-order valence-electron chi connectivity index (χ3n) is 5.68. The van der Waals surface area contributed by atoms with Crippen LogP contribution in [0.25, 0.3) is 22.3 Å². The predicted molar refractivity (Wildman–Crippen MR) is 141 cm³/mol. The maximum atomic E-state index is 2.36. The van der Waals surface area contributed by atoms with Crippen molar-refractivity contribution in [3.05, 3.63) is 139 Å². The summed E-state index contributed by atoms with van der Waals surface area (Å²) in [5, 5.41) is 4.15. The van der Waals surface area contributed by atoms with Crippen molar-refractivity contribution in [2.75, 3.05) is 0 Å². The van der Waals surface area contributed by atoms with Gasteiger partial charge in [0.25, 0.3) is 0 Å². The van der Waals surface area contributed by atoms with Gasteiger partial charge in [-0.3, -0.25) is 0 Å². The Morgan fingerprint density at radius 3 is 1.16 bits per heavy atom. The molecule has 0 saturated carbocycles. The fraction of sp³-hybridized carbons (Fsp3) is 0.0323. The number of hydrogen-bond donors (Lipinski definition) is 0. The van der Waals surface area contributed by atoms with Crippen LogP contribution >= 0.6 is 7.92 Å². The zero-order chi connectivity index (χ0) is 21.8. The van der Waals surface area contributed by atoms with Gasteiger partial charge in [-0.05, 0) is 53.3 Å². The van der Waals surface area contributed by atoms with Crippen LogP contribution in [-0.4, -0.2) is 0 Å². The van der Waals surface area contributed by atoms with Crippen LogP contribution in [0.1, 0.15) is 5.56 Å². The molecular weight excluding hydrogens is 403 g/mol. The zero-order valence-electron chi connectivity index (χ0n) is 18.1. The summed E-state index contributed by atoms with van der Waals surface area (Å²) in [5.74, 6) is 0. The maximum Gasteiger partial charge on any atom is 0.000613 e. The Balaban J connectivity index is 1.88. The molecule has 32 heavy (non-hydrogen) atoms. The summed E-state index contributed by atoms with van der Waals surface area (Å²) in [4.78, 5) is 0. The van der Waals surface area contributed by atoms with Gasteiger partial charge in [0, 0.05) is 5.30 Å². The first kappa shape index (κ1) is 20.4. The highest BCUT2D eigenvalue weighted by Crippen LogP contribution is 2.41. The van der Waals surface area contributed by atoms with Crippen LogP contribution in [0.15, 0.2) is 133 Å². The summed E-state index contributed by atoms with van der Waals surface area (Å²) in [6.45, 7) is 2.20. The fourth-order valence-electron chi connectivity index (χ4n) is 4.26. The molecule has 0 aliphatic carbocycles. The van der Waals surface area contributed by atoms with Crippen molar-refractivity contribution in [1.82, 2.24) is 0 Å². The third kappa shape index (κ3) is 4.15. The topological polar surface area (TPSA) is 0 Å². The average molecular weight is 429 g/mol. The lowest BCUT2D eigenvalue weighted by atomic mass is 9.96. The highest BCUT2D eigenvalue weighted by molar-refractivity contribution is 7.80. The van der Waals surface area contributed by atoms with Gasteiger partial charge in [-0.15, -0.1) is 0 Å². The Hall–Kier alpha value is -3.47. The van der Waals surface area contributed by atoms with Crippen molar-refractivity contribution in [1.29, 1.82) is 0 Å². The molecule has 154 valence electrons. The summed E-state index contributed by atoms with van der Waals surface area (Å²) >= 11 is 0. The van der Waals surface area contributed by atoms with Gasteiger partial charge >= 0.3 is 0 Å². The smallest absolute Gasteiger partial charge is 0.000613 e. The standard InChI is InChI=1S/C31H25P/c1-24-22-29(25-14-6-2-7-15-25)31(30(23-24)26-16-8-3-9-17-26)32(27-18-10-4-11-19-27)28-20-12-5-13-21-28/h2-23H,1H3. The normalized spacial score (nSPS) is 10.9. The van der Waals surface area contributed by atoms with Gasteiger partial charge in [0.1, 0.15) is 0 Å². The highest BCUT2D eigenvalue weighted by Gasteiger charge is 2.24. The van der Waals surface area contributed by atoms with Gasteiger partial charge in [0.05, 0.1) is 0 Å². The van der Waals surface area contributed by atoms with Crippen molar-refractivity contribution >= 4 is 23.8 Å². The number of rotatable bonds is 5. The largest absolute Gasteiger partial charge is 0.0622 e. The van der Waals surface area contributed by atoms with E-state index >= 15 is 0 Å². The second-order valence-corrected chi connectivity index (χ2v) is 10.1. The Labute approximate surface area is 192 Å².